The van der Waals surface area contributed by atoms with Crippen molar-refractivity contribution in [1.29, 1.82) is 0 Å². The first-order valence-corrected chi connectivity index (χ1v) is 10.9. The van der Waals surface area contributed by atoms with Crippen LogP contribution in [0.1, 0.15) is 31.2 Å². The third-order valence-corrected chi connectivity index (χ3v) is 7.54. The first-order chi connectivity index (χ1) is 13.4. The lowest BCUT2D eigenvalue weighted by molar-refractivity contribution is -0.931. The molecule has 0 spiro atoms. The Labute approximate surface area is 170 Å². The summed E-state index contributed by atoms with van der Waals surface area (Å²) >= 11 is 1.46. The number of quaternary nitrogens is 1. The van der Waals surface area contributed by atoms with E-state index in [2.05, 4.69) is 14.1 Å². The van der Waals surface area contributed by atoms with Gasteiger partial charge in [-0.05, 0) is 23.6 Å². The summed E-state index contributed by atoms with van der Waals surface area (Å²) in [5.41, 5.74) is 0.489. The molecule has 2 aliphatic heterocycles. The minimum absolute atomic E-state index is 0.172. The van der Waals surface area contributed by atoms with Crippen molar-refractivity contribution in [3.8, 4) is 0 Å². The number of carbonyl (C=O) groups excluding carboxylic acids is 1. The highest BCUT2D eigenvalue weighted by molar-refractivity contribution is 7.14. The molecule has 2 bridgehead atoms. The molecule has 28 heavy (non-hydrogen) atoms. The van der Waals surface area contributed by atoms with E-state index in [1.54, 1.807) is 23.1 Å². The number of anilines is 1. The zero-order chi connectivity index (χ0) is 19.7. The monoisotopic (exact) mass is 403 g/mol. The normalized spacial score (nSPS) is 25.5. The number of carbonyl (C=O) groups is 1. The number of hydrogen-bond acceptors (Lipinski definition) is 3. The van der Waals surface area contributed by atoms with Gasteiger partial charge < -0.3 is 9.22 Å². The van der Waals surface area contributed by atoms with E-state index in [9.17, 15) is 9.18 Å². The van der Waals surface area contributed by atoms with E-state index in [1.165, 1.54) is 30.2 Å². The summed E-state index contributed by atoms with van der Waals surface area (Å²) < 4.78 is 21.0. The van der Waals surface area contributed by atoms with Crippen molar-refractivity contribution in [2.45, 2.75) is 44.3 Å². The number of ether oxygens (including phenoxy) is 1. The SMILES string of the molecule is C[N+]1(C)[C@@H]2CC[C@H]1CC(COC(=O)N(Cc1ccccc1F)c1cccs1)C2. The summed E-state index contributed by atoms with van der Waals surface area (Å²) in [5.74, 6) is 0.118. The molecule has 6 heteroatoms. The quantitative estimate of drug-likeness (QED) is 0.654. The predicted molar refractivity (Wildman–Crippen MR) is 110 cm³/mol. The van der Waals surface area contributed by atoms with Gasteiger partial charge in [0.2, 0.25) is 0 Å². The van der Waals surface area contributed by atoms with E-state index in [1.807, 2.05) is 17.5 Å². The minimum atomic E-state index is -0.391. The molecule has 1 aromatic carbocycles. The Morgan fingerprint density at radius 2 is 1.89 bits per heavy atom. The summed E-state index contributed by atoms with van der Waals surface area (Å²) in [6.07, 6.45) is 4.39. The largest absolute Gasteiger partial charge is 0.449 e. The maximum Gasteiger partial charge on any atom is 0.415 e. The van der Waals surface area contributed by atoms with Crippen LogP contribution in [0.3, 0.4) is 0 Å². The highest BCUT2D eigenvalue weighted by Crippen LogP contribution is 2.42. The summed E-state index contributed by atoms with van der Waals surface area (Å²) in [5, 5.41) is 2.69. The molecule has 4 rings (SSSR count). The molecule has 150 valence electrons. The smallest absolute Gasteiger partial charge is 0.415 e. The van der Waals surface area contributed by atoms with Crippen molar-refractivity contribution < 1.29 is 18.4 Å². The standard InChI is InChI=1S/C22H28FN2O2S/c1-25(2)18-9-10-19(25)13-16(12-18)15-27-22(26)24(21-8-5-11-28-21)14-17-6-3-4-7-20(17)23/h3-8,11,16,18-19H,9-10,12-15H2,1-2H3/q+1/t16?,18-,19+. The molecular weight excluding hydrogens is 375 g/mol. The van der Waals surface area contributed by atoms with Gasteiger partial charge in [-0.3, -0.25) is 4.90 Å². The fourth-order valence-electron chi connectivity index (χ4n) is 4.85. The summed E-state index contributed by atoms with van der Waals surface area (Å²) in [4.78, 5) is 14.4. The van der Waals surface area contributed by atoms with Crippen molar-refractivity contribution in [3.63, 3.8) is 0 Å². The van der Waals surface area contributed by atoms with Crippen LogP contribution in [0, 0.1) is 11.7 Å². The van der Waals surface area contributed by atoms with Crippen LogP contribution in [0.5, 0.6) is 0 Å². The van der Waals surface area contributed by atoms with E-state index in [0.29, 0.717) is 30.2 Å². The number of thiophene rings is 1. The van der Waals surface area contributed by atoms with Crippen LogP contribution in [0.15, 0.2) is 41.8 Å². The number of hydrogen-bond donors (Lipinski definition) is 0. The zero-order valence-corrected chi connectivity index (χ0v) is 17.3. The van der Waals surface area contributed by atoms with Crippen LogP contribution < -0.4 is 4.90 Å². The van der Waals surface area contributed by atoms with Gasteiger partial charge in [0, 0.05) is 37.2 Å². The molecule has 2 saturated heterocycles. The number of fused-ring (bicyclic) bond motifs is 2. The maximum atomic E-state index is 14.1. The van der Waals surface area contributed by atoms with Crippen LogP contribution in [-0.2, 0) is 11.3 Å². The number of nitrogens with zero attached hydrogens (tertiary/aromatic N) is 2. The van der Waals surface area contributed by atoms with E-state index >= 15 is 0 Å². The van der Waals surface area contributed by atoms with Crippen molar-refractivity contribution in [3.05, 3.63) is 53.2 Å². The highest BCUT2D eigenvalue weighted by atomic mass is 32.1. The summed E-state index contributed by atoms with van der Waals surface area (Å²) in [6.45, 7) is 0.622. The molecule has 0 aliphatic carbocycles. The lowest BCUT2D eigenvalue weighted by Gasteiger charge is -2.44. The van der Waals surface area contributed by atoms with E-state index in [4.69, 9.17) is 4.74 Å². The lowest BCUT2D eigenvalue weighted by Crippen LogP contribution is -2.55. The van der Waals surface area contributed by atoms with Crippen LogP contribution in [0.2, 0.25) is 0 Å². The van der Waals surface area contributed by atoms with Gasteiger partial charge in [0.25, 0.3) is 0 Å². The second-order valence-electron chi connectivity index (χ2n) is 8.56. The lowest BCUT2D eigenvalue weighted by atomic mass is 9.90. The fourth-order valence-corrected chi connectivity index (χ4v) is 5.57. The fraction of sp³-hybridized carbons (Fsp3) is 0.500. The number of benzene rings is 1. The van der Waals surface area contributed by atoms with Gasteiger partial charge in [0.1, 0.15) is 10.8 Å². The number of amides is 1. The molecule has 0 saturated carbocycles. The molecule has 0 N–H and O–H groups in total. The Bertz CT molecular complexity index is 808. The average Bonchev–Trinajstić information content (AvgIpc) is 3.21. The molecular formula is C22H28FN2O2S+. The molecule has 1 amide bonds. The average molecular weight is 404 g/mol. The molecule has 2 aliphatic rings. The number of rotatable bonds is 5. The van der Waals surface area contributed by atoms with E-state index in [-0.39, 0.29) is 12.4 Å². The molecule has 2 aromatic rings. The maximum absolute atomic E-state index is 14.1. The Morgan fingerprint density at radius 3 is 2.54 bits per heavy atom. The van der Waals surface area contributed by atoms with Crippen LogP contribution in [0.4, 0.5) is 14.2 Å². The predicted octanol–water partition coefficient (Wildman–Crippen LogP) is 5.05. The van der Waals surface area contributed by atoms with Gasteiger partial charge in [0.05, 0.1) is 39.3 Å². The van der Waals surface area contributed by atoms with E-state index in [0.717, 1.165) is 22.3 Å². The Kier molecular flexibility index (Phi) is 5.43. The molecule has 1 unspecified atom stereocenters. The molecule has 2 fully saturated rings. The van der Waals surface area contributed by atoms with Gasteiger partial charge >= 0.3 is 6.09 Å². The van der Waals surface area contributed by atoms with Gasteiger partial charge in [-0.2, -0.15) is 0 Å². The van der Waals surface area contributed by atoms with E-state index < -0.39 is 6.09 Å². The van der Waals surface area contributed by atoms with Crippen LogP contribution >= 0.6 is 11.3 Å². The summed E-state index contributed by atoms with van der Waals surface area (Å²) in [6, 6.07) is 11.7. The molecule has 3 heterocycles. The number of halogens is 1. The van der Waals surface area contributed by atoms with Gasteiger partial charge in [0.15, 0.2) is 0 Å². The van der Waals surface area contributed by atoms with Crippen molar-refractivity contribution >= 4 is 22.4 Å². The van der Waals surface area contributed by atoms with Gasteiger partial charge in [-0.25, -0.2) is 9.18 Å². The zero-order valence-electron chi connectivity index (χ0n) is 16.5. The Morgan fingerprint density at radius 1 is 1.18 bits per heavy atom. The third-order valence-electron chi connectivity index (χ3n) is 6.65. The topological polar surface area (TPSA) is 29.5 Å². The molecule has 3 atom stereocenters. The van der Waals surface area contributed by atoms with Gasteiger partial charge in [-0.1, -0.05) is 18.2 Å². The minimum Gasteiger partial charge on any atom is -0.449 e. The van der Waals surface area contributed by atoms with Crippen molar-refractivity contribution in [2.24, 2.45) is 5.92 Å². The second-order valence-corrected chi connectivity index (χ2v) is 9.48. The van der Waals surface area contributed by atoms with Gasteiger partial charge in [-0.15, -0.1) is 11.3 Å². The number of piperidine rings is 1. The van der Waals surface area contributed by atoms with Crippen LogP contribution in [-0.4, -0.2) is 43.4 Å². The Hall–Kier alpha value is -1.92. The highest BCUT2D eigenvalue weighted by Gasteiger charge is 2.49. The second kappa shape index (κ2) is 7.84. The molecule has 1 aromatic heterocycles. The molecule has 4 nitrogen and oxygen atoms in total. The van der Waals surface area contributed by atoms with Crippen molar-refractivity contribution in [2.75, 3.05) is 25.6 Å². The first kappa shape index (κ1) is 19.4. The summed E-state index contributed by atoms with van der Waals surface area (Å²) in [7, 11) is 4.66. The van der Waals surface area contributed by atoms with Crippen LogP contribution in [0.25, 0.3) is 0 Å². The first-order valence-electron chi connectivity index (χ1n) is 9.99. The Balaban J connectivity index is 1.41. The third kappa shape index (κ3) is 3.80. The molecule has 0 radical (unpaired) electrons. The van der Waals surface area contributed by atoms with Crippen molar-refractivity contribution in [1.82, 2.24) is 0 Å².